The van der Waals surface area contributed by atoms with Crippen LogP contribution in [0.5, 0.6) is 0 Å². The van der Waals surface area contributed by atoms with Crippen LogP contribution in [0, 0.1) is 6.92 Å². The molecule has 0 aliphatic heterocycles. The molecule has 0 fully saturated rings. The van der Waals surface area contributed by atoms with Crippen molar-refractivity contribution >= 4 is 5.97 Å². The van der Waals surface area contributed by atoms with E-state index in [0.29, 0.717) is 12.5 Å². The maximum absolute atomic E-state index is 11.5. The summed E-state index contributed by atoms with van der Waals surface area (Å²) < 4.78 is 6.76. The number of nitrogens with zero attached hydrogens (tertiary/aromatic N) is 2. The van der Waals surface area contributed by atoms with Crippen molar-refractivity contribution in [1.29, 1.82) is 0 Å². The second-order valence-corrected chi connectivity index (χ2v) is 4.71. The minimum atomic E-state index is -0.205. The molecule has 0 amide bonds. The van der Waals surface area contributed by atoms with Gasteiger partial charge in [-0.25, -0.2) is 0 Å². The molecule has 17 heavy (non-hydrogen) atoms. The zero-order valence-corrected chi connectivity index (χ0v) is 10.8. The smallest absolute Gasteiger partial charge is 0.327 e. The molecule has 94 valence electrons. The maximum atomic E-state index is 11.5. The van der Waals surface area contributed by atoms with Gasteiger partial charge in [0.1, 0.15) is 6.54 Å². The van der Waals surface area contributed by atoms with Crippen LogP contribution in [-0.4, -0.2) is 22.4 Å². The van der Waals surface area contributed by atoms with Gasteiger partial charge in [0.2, 0.25) is 0 Å². The van der Waals surface area contributed by atoms with Gasteiger partial charge in [-0.05, 0) is 38.7 Å². The normalized spacial score (nSPS) is 18.9. The van der Waals surface area contributed by atoms with E-state index in [-0.39, 0.29) is 12.5 Å². The Morgan fingerprint density at radius 3 is 3.00 bits per heavy atom. The summed E-state index contributed by atoms with van der Waals surface area (Å²) in [6.45, 7) is 6.73. The highest BCUT2D eigenvalue weighted by atomic mass is 16.5. The third-order valence-corrected chi connectivity index (χ3v) is 3.48. The summed E-state index contributed by atoms with van der Waals surface area (Å²) >= 11 is 0. The highest BCUT2D eigenvalue weighted by Gasteiger charge is 2.23. The van der Waals surface area contributed by atoms with Crippen molar-refractivity contribution in [2.75, 3.05) is 6.61 Å². The molecule has 0 spiro atoms. The van der Waals surface area contributed by atoms with Gasteiger partial charge in [0.05, 0.1) is 12.3 Å². The standard InChI is InChI=1S/C13H20N2O2/c1-4-17-12(16)8-15-10(3)11-7-5-6-9(2)13(11)14-15/h9H,4-8H2,1-3H3/t9-/m0/s1. The van der Waals surface area contributed by atoms with Gasteiger partial charge in [0, 0.05) is 11.6 Å². The average molecular weight is 236 g/mol. The Bertz CT molecular complexity index is 423. The predicted molar refractivity (Wildman–Crippen MR) is 65.0 cm³/mol. The molecule has 0 N–H and O–H groups in total. The van der Waals surface area contributed by atoms with Crippen LogP contribution in [0.1, 0.15) is 49.6 Å². The number of hydrogen-bond donors (Lipinski definition) is 0. The van der Waals surface area contributed by atoms with Gasteiger partial charge in [-0.3, -0.25) is 9.48 Å². The number of aromatic nitrogens is 2. The van der Waals surface area contributed by atoms with Gasteiger partial charge in [0.25, 0.3) is 0 Å². The minimum Gasteiger partial charge on any atom is -0.465 e. The number of fused-ring (bicyclic) bond motifs is 1. The molecule has 4 heteroatoms. The van der Waals surface area contributed by atoms with Crippen LogP contribution in [0.4, 0.5) is 0 Å². The second-order valence-electron chi connectivity index (χ2n) is 4.71. The Hall–Kier alpha value is -1.32. The van der Waals surface area contributed by atoms with Gasteiger partial charge < -0.3 is 4.74 Å². The Kier molecular flexibility index (Phi) is 3.50. The van der Waals surface area contributed by atoms with E-state index >= 15 is 0 Å². The lowest BCUT2D eigenvalue weighted by molar-refractivity contribution is -0.144. The Balaban J connectivity index is 2.21. The Morgan fingerprint density at radius 1 is 1.59 bits per heavy atom. The fourth-order valence-electron chi connectivity index (χ4n) is 2.52. The largest absolute Gasteiger partial charge is 0.465 e. The lowest BCUT2D eigenvalue weighted by Gasteiger charge is -2.16. The van der Waals surface area contributed by atoms with Crippen molar-refractivity contribution in [3.05, 3.63) is 17.0 Å². The van der Waals surface area contributed by atoms with Crippen molar-refractivity contribution in [1.82, 2.24) is 9.78 Å². The summed E-state index contributed by atoms with van der Waals surface area (Å²) in [6, 6.07) is 0. The SMILES string of the molecule is CCOC(=O)Cn1nc2c(c1C)CCC[C@@H]2C. The van der Waals surface area contributed by atoms with E-state index in [9.17, 15) is 4.79 Å². The first kappa shape index (κ1) is 12.1. The Morgan fingerprint density at radius 2 is 2.35 bits per heavy atom. The fraction of sp³-hybridized carbons (Fsp3) is 0.692. The van der Waals surface area contributed by atoms with Crippen LogP contribution in [0.3, 0.4) is 0 Å². The van der Waals surface area contributed by atoms with Crippen LogP contribution in [0.25, 0.3) is 0 Å². The first-order valence-electron chi connectivity index (χ1n) is 6.35. The van der Waals surface area contributed by atoms with Crippen molar-refractivity contribution in [2.24, 2.45) is 0 Å². The predicted octanol–water partition coefficient (Wildman–Crippen LogP) is 2.19. The molecule has 0 bridgehead atoms. The quantitative estimate of drug-likeness (QED) is 0.756. The number of carbonyl (C=O) groups is 1. The molecule has 0 saturated carbocycles. The van der Waals surface area contributed by atoms with E-state index in [1.165, 1.54) is 24.1 Å². The number of ether oxygens (including phenoxy) is 1. The third kappa shape index (κ3) is 2.35. The topological polar surface area (TPSA) is 44.1 Å². The molecule has 0 unspecified atom stereocenters. The molecule has 1 aromatic heterocycles. The number of carbonyl (C=O) groups excluding carboxylic acids is 1. The summed E-state index contributed by atoms with van der Waals surface area (Å²) in [6.07, 6.45) is 3.51. The maximum Gasteiger partial charge on any atom is 0.327 e. The summed E-state index contributed by atoms with van der Waals surface area (Å²) in [7, 11) is 0. The van der Waals surface area contributed by atoms with Gasteiger partial charge in [-0.1, -0.05) is 6.92 Å². The number of esters is 1. The molecule has 0 radical (unpaired) electrons. The van der Waals surface area contributed by atoms with Crippen LogP contribution in [0.2, 0.25) is 0 Å². The molecule has 2 rings (SSSR count). The molecule has 0 aromatic carbocycles. The van der Waals surface area contributed by atoms with E-state index in [1.807, 2.05) is 13.8 Å². The van der Waals surface area contributed by atoms with E-state index in [2.05, 4.69) is 12.0 Å². The Labute approximate surface area is 102 Å². The molecule has 1 aromatic rings. The van der Waals surface area contributed by atoms with Gasteiger partial charge in [-0.2, -0.15) is 5.10 Å². The van der Waals surface area contributed by atoms with Gasteiger partial charge >= 0.3 is 5.97 Å². The van der Waals surface area contributed by atoms with Crippen LogP contribution >= 0.6 is 0 Å². The molecule has 1 aliphatic rings. The molecule has 1 heterocycles. The highest BCUT2D eigenvalue weighted by Crippen LogP contribution is 2.31. The van der Waals surface area contributed by atoms with Crippen LogP contribution < -0.4 is 0 Å². The summed E-state index contributed by atoms with van der Waals surface area (Å²) in [5.74, 6) is 0.309. The zero-order valence-electron chi connectivity index (χ0n) is 10.8. The van der Waals surface area contributed by atoms with Gasteiger partial charge in [0.15, 0.2) is 0 Å². The minimum absolute atomic E-state index is 0.205. The molecule has 1 aliphatic carbocycles. The molecule has 1 atom stereocenters. The third-order valence-electron chi connectivity index (χ3n) is 3.48. The molecular formula is C13H20N2O2. The lowest BCUT2D eigenvalue weighted by Crippen LogP contribution is -2.15. The first-order valence-corrected chi connectivity index (χ1v) is 6.35. The number of rotatable bonds is 3. The summed E-state index contributed by atoms with van der Waals surface area (Å²) in [5.41, 5.74) is 3.64. The summed E-state index contributed by atoms with van der Waals surface area (Å²) in [4.78, 5) is 11.5. The summed E-state index contributed by atoms with van der Waals surface area (Å²) in [5, 5.41) is 4.57. The van der Waals surface area contributed by atoms with Crippen molar-refractivity contribution < 1.29 is 9.53 Å². The molecule has 0 saturated heterocycles. The van der Waals surface area contributed by atoms with E-state index in [1.54, 1.807) is 4.68 Å². The number of hydrogen-bond acceptors (Lipinski definition) is 3. The van der Waals surface area contributed by atoms with E-state index in [0.717, 1.165) is 12.1 Å². The van der Waals surface area contributed by atoms with Crippen molar-refractivity contribution in [2.45, 2.75) is 52.5 Å². The van der Waals surface area contributed by atoms with Gasteiger partial charge in [-0.15, -0.1) is 0 Å². The average Bonchev–Trinajstić information content (AvgIpc) is 2.59. The van der Waals surface area contributed by atoms with Crippen LogP contribution in [-0.2, 0) is 22.5 Å². The highest BCUT2D eigenvalue weighted by molar-refractivity contribution is 5.69. The lowest BCUT2D eigenvalue weighted by atomic mass is 9.88. The van der Waals surface area contributed by atoms with E-state index in [4.69, 9.17) is 4.74 Å². The zero-order chi connectivity index (χ0) is 12.4. The second kappa shape index (κ2) is 4.90. The molecular weight excluding hydrogens is 216 g/mol. The monoisotopic (exact) mass is 236 g/mol. The van der Waals surface area contributed by atoms with E-state index < -0.39 is 0 Å². The van der Waals surface area contributed by atoms with Crippen molar-refractivity contribution in [3.8, 4) is 0 Å². The van der Waals surface area contributed by atoms with Crippen LogP contribution in [0.15, 0.2) is 0 Å². The first-order chi connectivity index (χ1) is 8.13. The fourth-order valence-corrected chi connectivity index (χ4v) is 2.52. The molecule has 4 nitrogen and oxygen atoms in total. The van der Waals surface area contributed by atoms with Crippen molar-refractivity contribution in [3.63, 3.8) is 0 Å².